The maximum Gasteiger partial charge on any atom is 0.254 e. The number of nitrogens with one attached hydrogen (secondary N) is 1. The minimum Gasteiger partial charge on any atom is -0.335 e. The highest BCUT2D eigenvalue weighted by molar-refractivity contribution is 5.97. The molecule has 5 heteroatoms. The van der Waals surface area contributed by atoms with Gasteiger partial charge in [-0.1, -0.05) is 0 Å². The van der Waals surface area contributed by atoms with Gasteiger partial charge in [-0.15, -0.1) is 0 Å². The number of hydrogen-bond donors (Lipinski definition) is 1. The zero-order chi connectivity index (χ0) is 15.7. The van der Waals surface area contributed by atoms with Crippen LogP contribution in [-0.4, -0.2) is 46.5 Å². The van der Waals surface area contributed by atoms with Crippen molar-refractivity contribution in [1.82, 2.24) is 20.2 Å². The van der Waals surface area contributed by atoms with Crippen LogP contribution in [-0.2, 0) is 0 Å². The zero-order valence-corrected chi connectivity index (χ0v) is 13.4. The summed E-state index contributed by atoms with van der Waals surface area (Å²) in [5.41, 5.74) is 4.15. The van der Waals surface area contributed by atoms with Crippen LogP contribution in [0.2, 0.25) is 0 Å². The molecule has 1 aliphatic heterocycles. The first-order valence-corrected chi connectivity index (χ1v) is 7.87. The van der Waals surface area contributed by atoms with Crippen molar-refractivity contribution in [1.29, 1.82) is 0 Å². The third-order valence-corrected chi connectivity index (χ3v) is 4.40. The molecule has 22 heavy (non-hydrogen) atoms. The summed E-state index contributed by atoms with van der Waals surface area (Å²) >= 11 is 0. The van der Waals surface area contributed by atoms with Gasteiger partial charge in [0.25, 0.3) is 5.91 Å². The molecular formula is C17H22N4O. The summed E-state index contributed by atoms with van der Waals surface area (Å²) in [6.45, 7) is 8.51. The Morgan fingerprint density at radius 1 is 1.27 bits per heavy atom. The topological polar surface area (TPSA) is 58.1 Å². The third-order valence-electron chi connectivity index (χ3n) is 4.40. The maximum absolute atomic E-state index is 12.8. The standard InChI is InChI=1S/C17H22N4O/c1-4-21(14-7-8-18-10-14)17(22)13-5-6-15-16(9-13)20-12(3)11(2)19-15/h5-6,9,14,18H,4,7-8,10H2,1-3H3. The van der Waals surface area contributed by atoms with Gasteiger partial charge in [0.2, 0.25) is 0 Å². The van der Waals surface area contributed by atoms with Gasteiger partial charge in [-0.25, -0.2) is 9.97 Å². The van der Waals surface area contributed by atoms with E-state index < -0.39 is 0 Å². The van der Waals surface area contributed by atoms with E-state index in [2.05, 4.69) is 15.3 Å². The molecule has 1 N–H and O–H groups in total. The molecule has 5 nitrogen and oxygen atoms in total. The van der Waals surface area contributed by atoms with Crippen LogP contribution < -0.4 is 5.32 Å². The molecule has 1 saturated heterocycles. The van der Waals surface area contributed by atoms with Gasteiger partial charge >= 0.3 is 0 Å². The van der Waals surface area contributed by atoms with Crippen LogP contribution in [0.3, 0.4) is 0 Å². The van der Waals surface area contributed by atoms with Gasteiger partial charge < -0.3 is 10.2 Å². The second-order valence-electron chi connectivity index (χ2n) is 5.84. The molecule has 2 aromatic rings. The minimum atomic E-state index is 0.0816. The lowest BCUT2D eigenvalue weighted by molar-refractivity contribution is 0.0704. The fourth-order valence-corrected chi connectivity index (χ4v) is 3.00. The largest absolute Gasteiger partial charge is 0.335 e. The zero-order valence-electron chi connectivity index (χ0n) is 13.4. The van der Waals surface area contributed by atoms with E-state index >= 15 is 0 Å². The summed E-state index contributed by atoms with van der Waals surface area (Å²) in [4.78, 5) is 23.8. The van der Waals surface area contributed by atoms with Crippen LogP contribution in [0.1, 0.15) is 35.1 Å². The summed E-state index contributed by atoms with van der Waals surface area (Å²) in [6.07, 6.45) is 1.02. The molecule has 1 fully saturated rings. The van der Waals surface area contributed by atoms with E-state index in [9.17, 15) is 4.79 Å². The van der Waals surface area contributed by atoms with Crippen LogP contribution in [0.15, 0.2) is 18.2 Å². The van der Waals surface area contributed by atoms with Gasteiger partial charge in [-0.2, -0.15) is 0 Å². The Balaban J connectivity index is 1.94. The number of fused-ring (bicyclic) bond motifs is 1. The molecule has 0 radical (unpaired) electrons. The summed E-state index contributed by atoms with van der Waals surface area (Å²) < 4.78 is 0. The minimum absolute atomic E-state index is 0.0816. The van der Waals surface area contributed by atoms with E-state index in [0.717, 1.165) is 48.5 Å². The van der Waals surface area contributed by atoms with Crippen molar-refractivity contribution in [2.75, 3.05) is 19.6 Å². The molecule has 116 valence electrons. The summed E-state index contributed by atoms with van der Waals surface area (Å²) in [5, 5.41) is 3.32. The van der Waals surface area contributed by atoms with Gasteiger partial charge in [0.15, 0.2) is 0 Å². The second-order valence-corrected chi connectivity index (χ2v) is 5.84. The average Bonchev–Trinajstić information content (AvgIpc) is 3.03. The van der Waals surface area contributed by atoms with Crippen molar-refractivity contribution in [3.63, 3.8) is 0 Å². The molecule has 1 aromatic heterocycles. The van der Waals surface area contributed by atoms with Crippen molar-refractivity contribution < 1.29 is 4.79 Å². The Morgan fingerprint density at radius 3 is 2.64 bits per heavy atom. The lowest BCUT2D eigenvalue weighted by Gasteiger charge is -2.27. The van der Waals surface area contributed by atoms with E-state index in [0.29, 0.717) is 11.6 Å². The molecule has 0 bridgehead atoms. The molecule has 0 spiro atoms. The summed E-state index contributed by atoms with van der Waals surface area (Å²) in [5.74, 6) is 0.0816. The number of aryl methyl sites for hydroxylation is 2. The number of nitrogens with zero attached hydrogens (tertiary/aromatic N) is 3. The Labute approximate surface area is 130 Å². The first kappa shape index (κ1) is 14.9. The monoisotopic (exact) mass is 298 g/mol. The van der Waals surface area contributed by atoms with E-state index in [1.807, 2.05) is 43.9 Å². The maximum atomic E-state index is 12.8. The summed E-state index contributed by atoms with van der Waals surface area (Å²) in [6, 6.07) is 5.91. The first-order chi connectivity index (χ1) is 10.6. The molecule has 1 aliphatic rings. The highest BCUT2D eigenvalue weighted by Gasteiger charge is 2.26. The normalized spacial score (nSPS) is 17.9. The number of benzene rings is 1. The number of aromatic nitrogens is 2. The van der Waals surface area contributed by atoms with Crippen molar-refractivity contribution in [2.45, 2.75) is 33.2 Å². The average molecular weight is 298 g/mol. The van der Waals surface area contributed by atoms with Crippen molar-refractivity contribution >= 4 is 16.9 Å². The number of likely N-dealkylation sites (N-methyl/N-ethyl adjacent to an activating group) is 1. The fourth-order valence-electron chi connectivity index (χ4n) is 3.00. The van der Waals surface area contributed by atoms with Crippen LogP contribution >= 0.6 is 0 Å². The van der Waals surface area contributed by atoms with Crippen LogP contribution in [0.4, 0.5) is 0 Å². The molecular weight excluding hydrogens is 276 g/mol. The quantitative estimate of drug-likeness (QED) is 0.942. The van der Waals surface area contributed by atoms with Crippen LogP contribution in [0.25, 0.3) is 11.0 Å². The Kier molecular flexibility index (Phi) is 4.07. The lowest BCUT2D eigenvalue weighted by atomic mass is 10.1. The van der Waals surface area contributed by atoms with Gasteiger partial charge in [0.05, 0.1) is 22.4 Å². The molecule has 1 aromatic carbocycles. The molecule has 0 saturated carbocycles. The van der Waals surface area contributed by atoms with Crippen LogP contribution in [0, 0.1) is 13.8 Å². The molecule has 1 amide bonds. The highest BCUT2D eigenvalue weighted by Crippen LogP contribution is 2.18. The summed E-state index contributed by atoms with van der Waals surface area (Å²) in [7, 11) is 0. The highest BCUT2D eigenvalue weighted by atomic mass is 16.2. The SMILES string of the molecule is CCN(C(=O)c1ccc2nc(C)c(C)nc2c1)C1CCNC1. The number of rotatable bonds is 3. The van der Waals surface area contributed by atoms with E-state index in [-0.39, 0.29) is 5.91 Å². The van der Waals surface area contributed by atoms with E-state index in [1.54, 1.807) is 0 Å². The fraction of sp³-hybridized carbons (Fsp3) is 0.471. The van der Waals surface area contributed by atoms with Crippen molar-refractivity contribution in [3.05, 3.63) is 35.2 Å². The molecule has 0 aliphatic carbocycles. The Hall–Kier alpha value is -2.01. The first-order valence-electron chi connectivity index (χ1n) is 7.87. The molecule has 1 unspecified atom stereocenters. The predicted molar refractivity (Wildman–Crippen MR) is 87.0 cm³/mol. The number of amides is 1. The lowest BCUT2D eigenvalue weighted by Crippen LogP contribution is -2.41. The van der Waals surface area contributed by atoms with E-state index in [1.165, 1.54) is 0 Å². The smallest absolute Gasteiger partial charge is 0.254 e. The van der Waals surface area contributed by atoms with Gasteiger partial charge in [-0.05, 0) is 51.9 Å². The van der Waals surface area contributed by atoms with Gasteiger partial charge in [0, 0.05) is 24.7 Å². The van der Waals surface area contributed by atoms with Gasteiger partial charge in [-0.3, -0.25) is 4.79 Å². The molecule has 2 heterocycles. The predicted octanol–water partition coefficient (Wildman–Crippen LogP) is 2.07. The number of hydrogen-bond acceptors (Lipinski definition) is 4. The van der Waals surface area contributed by atoms with Gasteiger partial charge in [0.1, 0.15) is 0 Å². The van der Waals surface area contributed by atoms with Crippen molar-refractivity contribution in [2.24, 2.45) is 0 Å². The van der Waals surface area contributed by atoms with Crippen molar-refractivity contribution in [3.8, 4) is 0 Å². The number of carbonyl (C=O) groups is 1. The number of carbonyl (C=O) groups excluding carboxylic acids is 1. The second kappa shape index (κ2) is 6.01. The Morgan fingerprint density at radius 2 is 2.00 bits per heavy atom. The Bertz CT molecular complexity index is 707. The third kappa shape index (κ3) is 2.68. The van der Waals surface area contributed by atoms with Crippen LogP contribution in [0.5, 0.6) is 0 Å². The molecule has 1 atom stereocenters. The van der Waals surface area contributed by atoms with E-state index in [4.69, 9.17) is 0 Å². The molecule has 3 rings (SSSR count).